The zero-order chi connectivity index (χ0) is 10.5. The summed E-state index contributed by atoms with van der Waals surface area (Å²) in [5.74, 6) is 0. The van der Waals surface area contributed by atoms with Gasteiger partial charge in [0.15, 0.2) is 0 Å². The van der Waals surface area contributed by atoms with E-state index >= 15 is 0 Å². The summed E-state index contributed by atoms with van der Waals surface area (Å²) < 4.78 is 0. The minimum Gasteiger partial charge on any atom is -0.391 e. The average Bonchev–Trinajstić information content (AvgIpc) is 2.46. The van der Waals surface area contributed by atoms with E-state index in [4.69, 9.17) is 0 Å². The van der Waals surface area contributed by atoms with Crippen LogP contribution in [0.25, 0.3) is 0 Å². The van der Waals surface area contributed by atoms with Crippen LogP contribution in [0.1, 0.15) is 32.1 Å². The molecule has 0 aromatic heterocycles. The molecule has 0 aliphatic heterocycles. The summed E-state index contributed by atoms with van der Waals surface area (Å²) >= 11 is 0. The first-order valence-corrected chi connectivity index (χ1v) is 5.86. The van der Waals surface area contributed by atoms with Gasteiger partial charge in [-0.2, -0.15) is 0 Å². The maximum absolute atomic E-state index is 9.95. The van der Waals surface area contributed by atoms with Crippen molar-refractivity contribution in [1.29, 1.82) is 0 Å². The molecule has 2 heteroatoms. The van der Waals surface area contributed by atoms with Gasteiger partial charge in [0.2, 0.25) is 0 Å². The number of hydrogen-bond acceptors (Lipinski definition) is 2. The molecule has 0 unspecified atom stereocenters. The van der Waals surface area contributed by atoms with E-state index in [0.717, 1.165) is 24.9 Å². The number of aliphatic hydroxyl groups excluding tert-OH is 1. The number of anilines is 1. The van der Waals surface area contributed by atoms with Gasteiger partial charge in [0.1, 0.15) is 0 Å². The smallest absolute Gasteiger partial charge is 0.0741 e. The Morgan fingerprint density at radius 2 is 1.73 bits per heavy atom. The van der Waals surface area contributed by atoms with E-state index in [1.54, 1.807) is 0 Å². The maximum atomic E-state index is 9.95. The van der Waals surface area contributed by atoms with Crippen molar-refractivity contribution in [3.05, 3.63) is 30.3 Å². The lowest BCUT2D eigenvalue weighted by Crippen LogP contribution is -2.32. The number of nitrogens with one attached hydrogen (secondary N) is 1. The molecule has 0 heterocycles. The van der Waals surface area contributed by atoms with Crippen molar-refractivity contribution in [3.8, 4) is 0 Å². The Hall–Kier alpha value is -1.02. The third kappa shape index (κ3) is 2.96. The molecule has 1 fully saturated rings. The van der Waals surface area contributed by atoms with Gasteiger partial charge in [-0.25, -0.2) is 0 Å². The van der Waals surface area contributed by atoms with Crippen molar-refractivity contribution in [1.82, 2.24) is 0 Å². The molecular formula is C13H19NO. The van der Waals surface area contributed by atoms with E-state index in [1.807, 2.05) is 18.2 Å². The van der Waals surface area contributed by atoms with Gasteiger partial charge in [-0.3, -0.25) is 0 Å². The summed E-state index contributed by atoms with van der Waals surface area (Å²) in [6.07, 6.45) is 5.47. The highest BCUT2D eigenvalue weighted by Gasteiger charge is 2.20. The van der Waals surface area contributed by atoms with Crippen molar-refractivity contribution < 1.29 is 5.11 Å². The van der Waals surface area contributed by atoms with Crippen LogP contribution in [0.3, 0.4) is 0 Å². The number of hydrogen-bond donors (Lipinski definition) is 2. The van der Waals surface area contributed by atoms with Gasteiger partial charge in [-0.1, -0.05) is 37.5 Å². The molecule has 2 nitrogen and oxygen atoms in total. The van der Waals surface area contributed by atoms with E-state index in [0.29, 0.717) is 0 Å². The fourth-order valence-electron chi connectivity index (χ4n) is 2.20. The lowest BCUT2D eigenvalue weighted by atomic mass is 10.1. The average molecular weight is 205 g/mol. The predicted octanol–water partition coefficient (Wildman–Crippen LogP) is 2.79. The Balaban J connectivity index is 1.97. The van der Waals surface area contributed by atoms with Crippen LogP contribution in [0.5, 0.6) is 0 Å². The summed E-state index contributed by atoms with van der Waals surface area (Å²) in [6, 6.07) is 10.4. The molecule has 0 spiro atoms. The number of para-hydroxylation sites is 1. The van der Waals surface area contributed by atoms with Crippen LogP contribution in [0.4, 0.5) is 5.69 Å². The van der Waals surface area contributed by atoms with Gasteiger partial charge >= 0.3 is 0 Å². The van der Waals surface area contributed by atoms with Crippen LogP contribution in [-0.4, -0.2) is 17.3 Å². The highest BCUT2D eigenvalue weighted by Crippen LogP contribution is 2.21. The summed E-state index contributed by atoms with van der Waals surface area (Å²) in [7, 11) is 0. The molecule has 0 radical (unpaired) electrons. The third-order valence-corrected chi connectivity index (χ3v) is 3.11. The second-order valence-corrected chi connectivity index (χ2v) is 4.32. The van der Waals surface area contributed by atoms with Crippen LogP contribution < -0.4 is 5.32 Å². The zero-order valence-corrected chi connectivity index (χ0v) is 9.02. The molecule has 1 aliphatic carbocycles. The van der Waals surface area contributed by atoms with Gasteiger partial charge in [-0.05, 0) is 25.0 Å². The van der Waals surface area contributed by atoms with E-state index < -0.39 is 0 Å². The number of benzene rings is 1. The van der Waals surface area contributed by atoms with Gasteiger partial charge in [0, 0.05) is 5.69 Å². The topological polar surface area (TPSA) is 32.3 Å². The standard InChI is InChI=1S/C13H19NO/c15-13-10-6-2-5-9-12(13)14-11-7-3-1-4-8-11/h1,3-4,7-8,12-15H,2,5-6,9-10H2/t12-,13-/m0/s1. The largest absolute Gasteiger partial charge is 0.391 e. The van der Waals surface area contributed by atoms with E-state index in [1.165, 1.54) is 12.8 Å². The normalized spacial score (nSPS) is 27.0. The zero-order valence-electron chi connectivity index (χ0n) is 9.02. The fraction of sp³-hybridized carbons (Fsp3) is 0.538. The summed E-state index contributed by atoms with van der Waals surface area (Å²) in [6.45, 7) is 0. The summed E-state index contributed by atoms with van der Waals surface area (Å²) in [4.78, 5) is 0. The van der Waals surface area contributed by atoms with Gasteiger partial charge in [-0.15, -0.1) is 0 Å². The number of aliphatic hydroxyl groups is 1. The molecule has 1 aliphatic rings. The van der Waals surface area contributed by atoms with Crippen molar-refractivity contribution in [2.24, 2.45) is 0 Å². The molecule has 15 heavy (non-hydrogen) atoms. The molecule has 2 atom stereocenters. The molecule has 2 rings (SSSR count). The molecule has 0 saturated heterocycles. The van der Waals surface area contributed by atoms with Crippen molar-refractivity contribution in [2.45, 2.75) is 44.2 Å². The van der Waals surface area contributed by atoms with Gasteiger partial charge in [0.05, 0.1) is 12.1 Å². The molecule has 0 amide bonds. The van der Waals surface area contributed by atoms with Crippen LogP contribution in [0.15, 0.2) is 30.3 Å². The molecule has 2 N–H and O–H groups in total. The van der Waals surface area contributed by atoms with Gasteiger partial charge < -0.3 is 10.4 Å². The quantitative estimate of drug-likeness (QED) is 0.728. The molecule has 1 aromatic rings. The fourth-order valence-corrected chi connectivity index (χ4v) is 2.20. The van der Waals surface area contributed by atoms with Crippen LogP contribution in [0.2, 0.25) is 0 Å². The van der Waals surface area contributed by atoms with Crippen LogP contribution >= 0.6 is 0 Å². The molecular weight excluding hydrogens is 186 g/mol. The van der Waals surface area contributed by atoms with Crippen molar-refractivity contribution in [2.75, 3.05) is 5.32 Å². The lowest BCUT2D eigenvalue weighted by Gasteiger charge is -2.22. The maximum Gasteiger partial charge on any atom is 0.0741 e. The Kier molecular flexibility index (Phi) is 3.62. The predicted molar refractivity (Wildman–Crippen MR) is 62.9 cm³/mol. The first-order valence-electron chi connectivity index (χ1n) is 5.86. The second kappa shape index (κ2) is 5.17. The first-order chi connectivity index (χ1) is 7.36. The monoisotopic (exact) mass is 205 g/mol. The minimum atomic E-state index is -0.187. The third-order valence-electron chi connectivity index (χ3n) is 3.11. The van der Waals surface area contributed by atoms with Crippen molar-refractivity contribution >= 4 is 5.69 Å². The van der Waals surface area contributed by atoms with E-state index in [-0.39, 0.29) is 12.1 Å². The number of rotatable bonds is 2. The highest BCUT2D eigenvalue weighted by atomic mass is 16.3. The highest BCUT2D eigenvalue weighted by molar-refractivity contribution is 5.43. The minimum absolute atomic E-state index is 0.187. The van der Waals surface area contributed by atoms with Crippen LogP contribution in [0, 0.1) is 0 Å². The molecule has 82 valence electrons. The van der Waals surface area contributed by atoms with Gasteiger partial charge in [0.25, 0.3) is 0 Å². The molecule has 1 aromatic carbocycles. The lowest BCUT2D eigenvalue weighted by molar-refractivity contribution is 0.144. The first kappa shape index (κ1) is 10.5. The Bertz CT molecular complexity index is 286. The molecule has 1 saturated carbocycles. The van der Waals surface area contributed by atoms with Crippen molar-refractivity contribution in [3.63, 3.8) is 0 Å². The van der Waals surface area contributed by atoms with E-state index in [2.05, 4.69) is 17.4 Å². The van der Waals surface area contributed by atoms with Crippen LogP contribution in [-0.2, 0) is 0 Å². The second-order valence-electron chi connectivity index (χ2n) is 4.32. The SMILES string of the molecule is O[C@H]1CCCCC[C@@H]1Nc1ccccc1. The summed E-state index contributed by atoms with van der Waals surface area (Å²) in [5.41, 5.74) is 1.11. The molecule has 0 bridgehead atoms. The Morgan fingerprint density at radius 1 is 1.00 bits per heavy atom. The van der Waals surface area contributed by atoms with E-state index in [9.17, 15) is 5.11 Å². The Morgan fingerprint density at radius 3 is 2.53 bits per heavy atom. The Labute approximate surface area is 91.3 Å². The summed E-state index contributed by atoms with van der Waals surface area (Å²) in [5, 5.41) is 13.4.